The first-order valence-electron chi connectivity index (χ1n) is 0. The molecule has 0 aliphatic carbocycles. The van der Waals surface area contributed by atoms with Crippen molar-refractivity contribution >= 4 is 12.4 Å². The second-order valence-electron chi connectivity index (χ2n) is 0. The molecule has 0 aromatic heterocycles. The Hall–Kier alpha value is 2.47. The number of rotatable bonds is 0. The van der Waals surface area contributed by atoms with Crippen molar-refractivity contribution in [3.05, 3.63) is 0 Å². The molecule has 0 spiro atoms. The zero-order valence-electron chi connectivity index (χ0n) is 3.16. The van der Waals surface area contributed by atoms with Crippen LogP contribution in [-0.2, 0) is 0 Å². The van der Waals surface area contributed by atoms with Crippen molar-refractivity contribution in [3.63, 3.8) is 0 Å². The van der Waals surface area contributed by atoms with E-state index in [2.05, 4.69) is 0 Å². The van der Waals surface area contributed by atoms with Gasteiger partial charge in [0, 0.05) is 0 Å². The van der Waals surface area contributed by atoms with Gasteiger partial charge in [0.1, 0.15) is 0 Å². The quantitative estimate of drug-likeness (QED) is 0.291. The minimum Gasteiger partial charge on any atom is -1.00 e. The minimum absolute atomic E-state index is 0. The van der Waals surface area contributed by atoms with Crippen molar-refractivity contribution in [1.29, 1.82) is 0 Å². The average molecular weight is 137 g/mol. The molecule has 0 amide bonds. The summed E-state index contributed by atoms with van der Waals surface area (Å²) in [7, 11) is 0. The van der Waals surface area contributed by atoms with Crippen LogP contribution < -0.4 is 73.2 Å². The first kappa shape index (κ1) is 51.3. The maximum atomic E-state index is 0. The third kappa shape index (κ3) is 21.2. The Labute approximate surface area is 84.5 Å². The third-order valence-electron chi connectivity index (χ3n) is 0. The van der Waals surface area contributed by atoms with Gasteiger partial charge in [-0.15, -0.1) is 12.4 Å². The minimum atomic E-state index is 0. The molecule has 5 heteroatoms. The van der Waals surface area contributed by atoms with Gasteiger partial charge in [-0.1, -0.05) is 0 Å². The molecule has 0 aromatic carbocycles. The van der Waals surface area contributed by atoms with Crippen LogP contribution in [0.4, 0.5) is 0 Å². The number of hydrogen-bond acceptors (Lipinski definition) is 0. The summed E-state index contributed by atoms with van der Waals surface area (Å²) in [6.45, 7) is 0. The van der Waals surface area contributed by atoms with E-state index in [1.54, 1.807) is 0 Å². The zero-order chi connectivity index (χ0) is 0. The fourth-order valence-electron chi connectivity index (χ4n) is 0. The van der Waals surface area contributed by atoms with E-state index in [4.69, 9.17) is 0 Å². The molecule has 0 aliphatic rings. The van der Waals surface area contributed by atoms with Gasteiger partial charge in [-0.05, 0) is 0 Å². The normalized spacial score (nSPS) is 0. The van der Waals surface area contributed by atoms with Crippen LogP contribution >= 0.6 is 12.4 Å². The molecule has 0 fully saturated rings. The van der Waals surface area contributed by atoms with Crippen LogP contribution in [0.3, 0.4) is 0 Å². The maximum absolute atomic E-state index is 0. The Bertz CT molecular complexity index is 6.85. The van der Waals surface area contributed by atoms with E-state index in [0.29, 0.717) is 0 Å². The summed E-state index contributed by atoms with van der Waals surface area (Å²) in [6, 6.07) is 0. The summed E-state index contributed by atoms with van der Waals surface area (Å²) in [5.74, 6) is 0. The predicted molar refractivity (Wildman–Crippen MR) is 7.25 cm³/mol. The van der Waals surface area contributed by atoms with Crippen LogP contribution in [0, 0.1) is 0 Å². The summed E-state index contributed by atoms with van der Waals surface area (Å²) >= 11 is 0. The molecule has 0 aromatic rings. The van der Waals surface area contributed by atoms with Gasteiger partial charge < -0.3 is 24.8 Å². The largest absolute Gasteiger partial charge is 1.00 e. The van der Waals surface area contributed by atoms with E-state index in [1.807, 2.05) is 0 Å². The van der Waals surface area contributed by atoms with Crippen LogP contribution in [0.2, 0.25) is 0 Å². The van der Waals surface area contributed by atoms with Crippen molar-refractivity contribution in [3.8, 4) is 0 Å². The van der Waals surface area contributed by atoms with Gasteiger partial charge in [0.15, 0.2) is 0 Å². The van der Waals surface area contributed by atoms with Crippen molar-refractivity contribution in [2.45, 2.75) is 0 Å². The average Bonchev–Trinajstić information content (AvgIpc) is 0. The van der Waals surface area contributed by atoms with Gasteiger partial charge in [0.25, 0.3) is 0 Å². The number of halogens is 3. The van der Waals surface area contributed by atoms with E-state index in [0.717, 1.165) is 0 Å². The van der Waals surface area contributed by atoms with Crippen LogP contribution in [-0.4, -0.2) is 0 Å². The Morgan fingerprint density at radius 1 is 0.800 bits per heavy atom. The van der Waals surface area contributed by atoms with E-state index in [1.165, 1.54) is 0 Å². The first-order chi connectivity index (χ1) is 0. The van der Waals surface area contributed by atoms with Gasteiger partial charge in [-0.25, -0.2) is 0 Å². The van der Waals surface area contributed by atoms with E-state index in [9.17, 15) is 0 Å². The third-order valence-corrected chi connectivity index (χ3v) is 0. The summed E-state index contributed by atoms with van der Waals surface area (Å²) < 4.78 is 0. The first-order valence-corrected chi connectivity index (χ1v) is 0. The Morgan fingerprint density at radius 2 is 0.800 bits per heavy atom. The van der Waals surface area contributed by atoms with Crippen LogP contribution in [0.25, 0.3) is 0 Å². The summed E-state index contributed by atoms with van der Waals surface area (Å²) in [4.78, 5) is 0. The molecule has 0 unspecified atom stereocenters. The Balaban J connectivity index is 0. The van der Waals surface area contributed by atoms with Crippen LogP contribution in [0.5, 0.6) is 0 Å². The topological polar surface area (TPSA) is 0 Å². The molecule has 0 radical (unpaired) electrons. The monoisotopic (exact) mass is 136 g/mol. The molecule has 0 N–H and O–H groups in total. The molecule has 0 heterocycles. The van der Waals surface area contributed by atoms with Gasteiger partial charge in [0.2, 0.25) is 0 Å². The van der Waals surface area contributed by atoms with Crippen LogP contribution in [0.1, 0.15) is 0 Å². The summed E-state index contributed by atoms with van der Waals surface area (Å²) in [6.07, 6.45) is 0. The molecular formula is HCl3LiNa. The number of hydrogen-bond donors (Lipinski definition) is 0. The molecule has 0 nitrogen and oxygen atoms in total. The van der Waals surface area contributed by atoms with Crippen LogP contribution in [0.15, 0.2) is 0 Å². The molecule has 0 saturated carbocycles. The van der Waals surface area contributed by atoms with Crippen molar-refractivity contribution in [2.24, 2.45) is 0 Å². The van der Waals surface area contributed by atoms with E-state index < -0.39 is 0 Å². The molecular weight excluding hydrogens is 136 g/mol. The zero-order valence-corrected chi connectivity index (χ0v) is 7.49. The van der Waals surface area contributed by atoms with Gasteiger partial charge in [-0.3, -0.25) is 0 Å². The van der Waals surface area contributed by atoms with Crippen molar-refractivity contribution in [2.75, 3.05) is 0 Å². The molecule has 0 saturated heterocycles. The second kappa shape index (κ2) is 31.8. The van der Waals surface area contributed by atoms with Gasteiger partial charge >= 0.3 is 48.4 Å². The second-order valence-corrected chi connectivity index (χ2v) is 0. The molecule has 0 aliphatic heterocycles. The Morgan fingerprint density at radius 3 is 0.800 bits per heavy atom. The smallest absolute Gasteiger partial charge is 1.00 e. The SMILES string of the molecule is Cl.[Cl-].[Cl-].[Li+].[Na+]. The molecule has 0 rings (SSSR count). The fraction of sp³-hybridized carbons (Fsp3) is 0. The molecule has 5 heavy (non-hydrogen) atoms. The molecule has 0 atom stereocenters. The standard InChI is InChI=1S/3ClH.Li.Na/h3*1H;;/q;;;2*+1/p-2. The Kier molecular flexibility index (Phi) is 326. The van der Waals surface area contributed by atoms with E-state index >= 15 is 0 Å². The van der Waals surface area contributed by atoms with Crippen molar-refractivity contribution < 1.29 is 73.2 Å². The molecule has 0 bridgehead atoms. The van der Waals surface area contributed by atoms with E-state index in [-0.39, 0.29) is 85.6 Å². The fourth-order valence-corrected chi connectivity index (χ4v) is 0. The predicted octanol–water partition coefficient (Wildman–Crippen LogP) is -11.6. The van der Waals surface area contributed by atoms with Gasteiger partial charge in [0.05, 0.1) is 0 Å². The van der Waals surface area contributed by atoms with Crippen molar-refractivity contribution in [1.82, 2.24) is 0 Å². The summed E-state index contributed by atoms with van der Waals surface area (Å²) in [5, 5.41) is 0. The molecule has 24 valence electrons. The summed E-state index contributed by atoms with van der Waals surface area (Å²) in [5.41, 5.74) is 0. The van der Waals surface area contributed by atoms with Gasteiger partial charge in [-0.2, -0.15) is 0 Å². The maximum Gasteiger partial charge on any atom is 1.00 e.